The van der Waals surface area contributed by atoms with Gasteiger partial charge >= 0.3 is 0 Å². The molecule has 1 aromatic heterocycles. The van der Waals surface area contributed by atoms with Gasteiger partial charge in [0.2, 0.25) is 5.91 Å². The summed E-state index contributed by atoms with van der Waals surface area (Å²) >= 11 is 0. The highest BCUT2D eigenvalue weighted by atomic mass is 19.1. The fourth-order valence-corrected chi connectivity index (χ4v) is 1.06. The van der Waals surface area contributed by atoms with Crippen LogP contribution in [-0.4, -0.2) is 35.7 Å². The zero-order valence-corrected chi connectivity index (χ0v) is 9.00. The molecule has 0 aliphatic rings. The molecule has 0 bridgehead atoms. The Morgan fingerprint density at radius 2 is 2.12 bits per heavy atom. The maximum absolute atomic E-state index is 13.2. The predicted octanol–water partition coefficient (Wildman–Crippen LogP) is -0.340. The number of nitrogens with one attached hydrogen (secondary N) is 2. The topological polar surface area (TPSA) is 100 Å². The fourth-order valence-electron chi connectivity index (χ4n) is 1.06. The second kappa shape index (κ2) is 5.39. The maximum Gasteiger partial charge on any atom is 0.248 e. The minimum absolute atomic E-state index is 0.150. The van der Waals surface area contributed by atoms with E-state index in [4.69, 9.17) is 10.8 Å². The van der Waals surface area contributed by atoms with E-state index in [0.717, 1.165) is 0 Å². The highest BCUT2D eigenvalue weighted by Crippen LogP contribution is 2.18. The van der Waals surface area contributed by atoms with E-state index in [2.05, 4.69) is 15.6 Å². The third-order valence-electron chi connectivity index (χ3n) is 1.96. The van der Waals surface area contributed by atoms with Gasteiger partial charge in [0.25, 0.3) is 0 Å². The Hall–Kier alpha value is -1.96. The number of carbonyl (C=O) groups is 1. The number of carbonyl (C=O) groups excluding carboxylic acids is 1. The molecule has 1 heterocycles. The van der Waals surface area contributed by atoms with Crippen molar-refractivity contribution in [3.05, 3.63) is 17.7 Å². The Bertz CT molecular complexity index is 428. The van der Waals surface area contributed by atoms with E-state index >= 15 is 0 Å². The number of rotatable bonds is 5. The van der Waals surface area contributed by atoms with E-state index in [-0.39, 0.29) is 18.2 Å². The number of aliphatic hydroxyl groups is 1. The van der Waals surface area contributed by atoms with Gasteiger partial charge in [-0.05, 0) is 0 Å². The Balaban J connectivity index is 2.80. The first-order chi connectivity index (χ1) is 7.95. The first kappa shape index (κ1) is 13.1. The van der Waals surface area contributed by atoms with Crippen molar-refractivity contribution in [2.45, 2.75) is 6.10 Å². The smallest absolute Gasteiger partial charge is 0.248 e. The van der Waals surface area contributed by atoms with Gasteiger partial charge in [-0.3, -0.25) is 4.79 Å². The maximum atomic E-state index is 13.2. The Morgan fingerprint density at radius 1 is 1.53 bits per heavy atom. The van der Waals surface area contributed by atoms with Crippen molar-refractivity contribution in [2.75, 3.05) is 24.2 Å². The minimum Gasteiger partial charge on any atom is -0.381 e. The van der Waals surface area contributed by atoms with Gasteiger partial charge in [0.05, 0.1) is 6.54 Å². The molecule has 1 aromatic rings. The van der Waals surface area contributed by atoms with Crippen LogP contribution in [0.3, 0.4) is 0 Å². The van der Waals surface area contributed by atoms with Crippen molar-refractivity contribution in [1.82, 2.24) is 4.98 Å². The summed E-state index contributed by atoms with van der Waals surface area (Å²) in [4.78, 5) is 14.1. The number of nitrogens with zero attached hydrogens (tertiary/aromatic N) is 1. The van der Waals surface area contributed by atoms with Gasteiger partial charge in [-0.25, -0.2) is 13.8 Å². The number of primary amides is 1. The van der Waals surface area contributed by atoms with Crippen LogP contribution in [0, 0.1) is 11.6 Å². The molecule has 0 radical (unpaired) electrons. The van der Waals surface area contributed by atoms with Gasteiger partial charge in [-0.1, -0.05) is 0 Å². The van der Waals surface area contributed by atoms with Crippen molar-refractivity contribution >= 4 is 17.5 Å². The lowest BCUT2D eigenvalue weighted by atomic mass is 10.3. The van der Waals surface area contributed by atoms with Crippen LogP contribution >= 0.6 is 0 Å². The lowest BCUT2D eigenvalue weighted by Crippen LogP contribution is -2.34. The quantitative estimate of drug-likeness (QED) is 0.569. The molecule has 5 N–H and O–H groups in total. The lowest BCUT2D eigenvalue weighted by molar-refractivity contribution is -0.125. The number of aromatic nitrogens is 1. The van der Waals surface area contributed by atoms with E-state index < -0.39 is 23.6 Å². The number of anilines is 2. The van der Waals surface area contributed by atoms with Crippen molar-refractivity contribution in [1.29, 1.82) is 0 Å². The number of pyridine rings is 1. The zero-order valence-electron chi connectivity index (χ0n) is 9.00. The largest absolute Gasteiger partial charge is 0.381 e. The van der Waals surface area contributed by atoms with Crippen molar-refractivity contribution in [2.24, 2.45) is 5.73 Å². The van der Waals surface area contributed by atoms with Crippen LogP contribution in [0.25, 0.3) is 0 Å². The second-order valence-corrected chi connectivity index (χ2v) is 3.20. The molecule has 94 valence electrons. The minimum atomic E-state index is -1.47. The molecule has 8 heteroatoms. The third-order valence-corrected chi connectivity index (χ3v) is 1.96. The first-order valence-corrected chi connectivity index (χ1v) is 4.70. The highest BCUT2D eigenvalue weighted by Gasteiger charge is 2.14. The number of halogens is 2. The summed E-state index contributed by atoms with van der Waals surface area (Å²) in [6.07, 6.45) is -1.47. The summed E-state index contributed by atoms with van der Waals surface area (Å²) in [5.41, 5.74) is 4.80. The number of hydrogen-bond acceptors (Lipinski definition) is 5. The summed E-state index contributed by atoms with van der Waals surface area (Å²) in [5, 5.41) is 13.9. The van der Waals surface area contributed by atoms with Gasteiger partial charge in [-0.2, -0.15) is 0 Å². The monoisotopic (exact) mass is 246 g/mol. The average molecular weight is 246 g/mol. The Kier molecular flexibility index (Phi) is 4.16. The number of hydrogen-bond donors (Lipinski definition) is 4. The first-order valence-electron chi connectivity index (χ1n) is 4.70. The molecule has 0 aromatic carbocycles. The van der Waals surface area contributed by atoms with Crippen LogP contribution in [-0.2, 0) is 4.79 Å². The summed E-state index contributed by atoms with van der Waals surface area (Å²) < 4.78 is 26.3. The average Bonchev–Trinajstić information content (AvgIpc) is 2.27. The van der Waals surface area contributed by atoms with Gasteiger partial charge < -0.3 is 21.5 Å². The van der Waals surface area contributed by atoms with Gasteiger partial charge in [0.15, 0.2) is 23.3 Å². The van der Waals surface area contributed by atoms with Gasteiger partial charge in [0, 0.05) is 13.1 Å². The number of aliphatic hydroxyl groups excluding tert-OH is 1. The van der Waals surface area contributed by atoms with E-state index in [1.165, 1.54) is 7.05 Å². The van der Waals surface area contributed by atoms with Crippen molar-refractivity contribution in [3.63, 3.8) is 0 Å². The van der Waals surface area contributed by atoms with Crippen LogP contribution in [0.5, 0.6) is 0 Å². The molecule has 0 aliphatic carbocycles. The lowest BCUT2D eigenvalue weighted by Gasteiger charge is -2.11. The summed E-state index contributed by atoms with van der Waals surface area (Å²) in [6.45, 7) is -0.311. The molecule has 1 amide bonds. The standard InChI is InChI=1S/C9H12F2N4O2/c1-13-8-4(10)2-5(11)9(15-8)14-3-6(16)7(12)17/h2,6,16H,3H2,1H3,(H2,12,17)(H2,13,14,15). The Morgan fingerprint density at radius 3 is 2.65 bits per heavy atom. The molecule has 17 heavy (non-hydrogen) atoms. The third kappa shape index (κ3) is 3.25. The molecule has 1 unspecified atom stereocenters. The number of amides is 1. The highest BCUT2D eigenvalue weighted by molar-refractivity contribution is 5.79. The predicted molar refractivity (Wildman–Crippen MR) is 57.4 cm³/mol. The summed E-state index contributed by atoms with van der Waals surface area (Å²) in [5.74, 6) is -3.16. The molecule has 0 aliphatic heterocycles. The van der Waals surface area contributed by atoms with Crippen LogP contribution in [0.2, 0.25) is 0 Å². The van der Waals surface area contributed by atoms with Crippen LogP contribution in [0.1, 0.15) is 0 Å². The van der Waals surface area contributed by atoms with Crippen LogP contribution in [0.4, 0.5) is 20.4 Å². The molecule has 1 rings (SSSR count). The van der Waals surface area contributed by atoms with E-state index in [9.17, 15) is 13.6 Å². The molecule has 0 saturated carbocycles. The molecule has 0 spiro atoms. The molecule has 0 fully saturated rings. The molecule has 6 nitrogen and oxygen atoms in total. The van der Waals surface area contributed by atoms with Crippen LogP contribution < -0.4 is 16.4 Å². The molecule has 0 saturated heterocycles. The van der Waals surface area contributed by atoms with E-state index in [1.54, 1.807) is 0 Å². The summed E-state index contributed by atoms with van der Waals surface area (Å²) in [7, 11) is 1.42. The molecular formula is C9H12F2N4O2. The van der Waals surface area contributed by atoms with Gasteiger partial charge in [-0.15, -0.1) is 0 Å². The number of nitrogens with two attached hydrogens (primary N) is 1. The van der Waals surface area contributed by atoms with E-state index in [0.29, 0.717) is 6.07 Å². The van der Waals surface area contributed by atoms with Crippen molar-refractivity contribution in [3.8, 4) is 0 Å². The summed E-state index contributed by atoms with van der Waals surface area (Å²) in [6, 6.07) is 0.637. The zero-order chi connectivity index (χ0) is 13.0. The fraction of sp³-hybridized carbons (Fsp3) is 0.333. The van der Waals surface area contributed by atoms with Crippen LogP contribution in [0.15, 0.2) is 6.07 Å². The van der Waals surface area contributed by atoms with E-state index in [1.807, 2.05) is 0 Å². The van der Waals surface area contributed by atoms with Gasteiger partial charge in [0.1, 0.15) is 6.10 Å². The molecule has 1 atom stereocenters. The normalized spacial score (nSPS) is 12.0. The Labute approximate surface area is 95.8 Å². The second-order valence-electron chi connectivity index (χ2n) is 3.20. The molecular weight excluding hydrogens is 234 g/mol. The SMILES string of the molecule is CNc1nc(NCC(O)C(N)=O)c(F)cc1F. The van der Waals surface area contributed by atoms with Crippen molar-refractivity contribution < 1.29 is 18.7 Å².